The molecular weight excluding hydrogens is 344 g/mol. The predicted molar refractivity (Wildman–Crippen MR) is 91.9 cm³/mol. The van der Waals surface area contributed by atoms with Crippen molar-refractivity contribution in [3.8, 4) is 5.69 Å². The lowest BCUT2D eigenvalue weighted by Crippen LogP contribution is -2.40. The number of aliphatic carboxylic acids is 1. The molecule has 0 aliphatic carbocycles. The number of hydrogen-bond acceptors (Lipinski definition) is 4. The van der Waals surface area contributed by atoms with Gasteiger partial charge in [-0.15, -0.1) is 5.10 Å². The van der Waals surface area contributed by atoms with E-state index in [2.05, 4.69) is 10.3 Å². The normalized spacial score (nSPS) is 17.5. The molecule has 8 heteroatoms. The monoisotopic (exact) mass is 362 g/mol. The fraction of sp³-hybridized carbons (Fsp3) is 0.412. The molecule has 1 N–H and O–H groups in total. The van der Waals surface area contributed by atoms with Crippen molar-refractivity contribution < 1.29 is 14.7 Å². The zero-order valence-electron chi connectivity index (χ0n) is 13.6. The zero-order valence-corrected chi connectivity index (χ0v) is 14.4. The van der Waals surface area contributed by atoms with Gasteiger partial charge in [-0.05, 0) is 37.3 Å². The third-order valence-corrected chi connectivity index (χ3v) is 4.70. The molecule has 2 aromatic rings. The van der Waals surface area contributed by atoms with Crippen LogP contribution < -0.4 is 0 Å². The Morgan fingerprint density at radius 2 is 2.12 bits per heavy atom. The zero-order chi connectivity index (χ0) is 17.8. The van der Waals surface area contributed by atoms with Crippen LogP contribution in [0.25, 0.3) is 5.69 Å². The molecule has 0 radical (unpaired) electrons. The molecule has 1 aromatic carbocycles. The summed E-state index contributed by atoms with van der Waals surface area (Å²) in [6, 6.07) is 7.20. The van der Waals surface area contributed by atoms with E-state index in [1.54, 1.807) is 23.2 Å². The Morgan fingerprint density at radius 1 is 1.32 bits per heavy atom. The third kappa shape index (κ3) is 4.17. The number of hydrogen-bond donors (Lipinski definition) is 1. The molecule has 0 spiro atoms. The second-order valence-corrected chi connectivity index (χ2v) is 6.60. The van der Waals surface area contributed by atoms with Crippen molar-refractivity contribution in [1.82, 2.24) is 19.9 Å². The van der Waals surface area contributed by atoms with Crippen molar-refractivity contribution in [2.45, 2.75) is 25.7 Å². The number of para-hydroxylation sites is 1. The molecule has 7 nitrogen and oxygen atoms in total. The van der Waals surface area contributed by atoms with Gasteiger partial charge >= 0.3 is 5.97 Å². The van der Waals surface area contributed by atoms with Crippen LogP contribution in [0.1, 0.15) is 36.2 Å². The maximum Gasteiger partial charge on any atom is 0.303 e. The van der Waals surface area contributed by atoms with E-state index in [-0.39, 0.29) is 23.9 Å². The maximum atomic E-state index is 12.7. The summed E-state index contributed by atoms with van der Waals surface area (Å²) >= 11 is 6.14. The molecule has 1 aliphatic heterocycles. The highest BCUT2D eigenvalue weighted by molar-refractivity contribution is 6.32. The molecule has 2 heterocycles. The molecule has 1 amide bonds. The van der Waals surface area contributed by atoms with Crippen LogP contribution in [0.2, 0.25) is 5.02 Å². The fourth-order valence-electron chi connectivity index (χ4n) is 3.09. The highest BCUT2D eigenvalue weighted by Gasteiger charge is 2.26. The Balaban J connectivity index is 1.69. The van der Waals surface area contributed by atoms with Crippen LogP contribution in [0, 0.1) is 5.92 Å². The van der Waals surface area contributed by atoms with Gasteiger partial charge in [0.05, 0.1) is 16.9 Å². The van der Waals surface area contributed by atoms with Gasteiger partial charge in [-0.3, -0.25) is 9.59 Å². The number of aromatic nitrogens is 3. The summed E-state index contributed by atoms with van der Waals surface area (Å²) in [4.78, 5) is 25.1. The summed E-state index contributed by atoms with van der Waals surface area (Å²) in [5.74, 6) is -0.767. The quantitative estimate of drug-likeness (QED) is 0.883. The number of carboxylic acids is 1. The molecule has 1 aliphatic rings. The molecule has 1 atom stereocenters. The summed E-state index contributed by atoms with van der Waals surface area (Å²) in [5, 5.41) is 17.3. The van der Waals surface area contributed by atoms with E-state index >= 15 is 0 Å². The Bertz CT molecular complexity index is 777. The van der Waals surface area contributed by atoms with Crippen LogP contribution in [0.5, 0.6) is 0 Å². The second-order valence-electron chi connectivity index (χ2n) is 6.19. The van der Waals surface area contributed by atoms with Crippen molar-refractivity contribution in [2.75, 3.05) is 13.1 Å². The lowest BCUT2D eigenvalue weighted by molar-refractivity contribution is -0.137. The standard InChI is InChI=1S/C17H19ClN4O3/c18-13-5-1-2-6-15(13)22-11-14(19-20-22)17(25)21-9-3-4-12(10-21)7-8-16(23)24/h1-2,5-6,11-12H,3-4,7-10H2,(H,23,24)/t12-/m1/s1. The number of nitrogens with zero attached hydrogens (tertiary/aromatic N) is 4. The van der Waals surface area contributed by atoms with Gasteiger partial charge in [0.1, 0.15) is 0 Å². The first-order valence-electron chi connectivity index (χ1n) is 8.23. The van der Waals surface area contributed by atoms with Gasteiger partial charge in [-0.1, -0.05) is 28.9 Å². The minimum absolute atomic E-state index is 0.134. The molecule has 1 saturated heterocycles. The van der Waals surface area contributed by atoms with Crippen LogP contribution in [-0.4, -0.2) is 50.0 Å². The van der Waals surface area contributed by atoms with E-state index in [1.165, 1.54) is 4.68 Å². The summed E-state index contributed by atoms with van der Waals surface area (Å²) in [6.07, 6.45) is 4.11. The first kappa shape index (κ1) is 17.4. The highest BCUT2D eigenvalue weighted by atomic mass is 35.5. The topological polar surface area (TPSA) is 88.3 Å². The van der Waals surface area contributed by atoms with Gasteiger partial charge in [-0.2, -0.15) is 0 Å². The maximum absolute atomic E-state index is 12.7. The smallest absolute Gasteiger partial charge is 0.303 e. The largest absolute Gasteiger partial charge is 0.481 e. The van der Waals surface area contributed by atoms with Crippen molar-refractivity contribution in [1.29, 1.82) is 0 Å². The summed E-state index contributed by atoms with van der Waals surface area (Å²) in [5.41, 5.74) is 0.924. The van der Waals surface area contributed by atoms with Crippen LogP contribution in [0.3, 0.4) is 0 Å². The highest BCUT2D eigenvalue weighted by Crippen LogP contribution is 2.23. The Hall–Kier alpha value is -2.41. The van der Waals surface area contributed by atoms with E-state index in [0.29, 0.717) is 30.2 Å². The molecule has 0 unspecified atom stereocenters. The number of amides is 1. The SMILES string of the molecule is O=C(O)CC[C@H]1CCCN(C(=O)c2cn(-c3ccccc3Cl)nn2)C1. The molecule has 132 valence electrons. The van der Waals surface area contributed by atoms with E-state index in [0.717, 1.165) is 12.8 Å². The third-order valence-electron chi connectivity index (χ3n) is 4.38. The lowest BCUT2D eigenvalue weighted by Gasteiger charge is -2.32. The van der Waals surface area contributed by atoms with E-state index in [4.69, 9.17) is 16.7 Å². The molecule has 1 fully saturated rings. The van der Waals surface area contributed by atoms with Gasteiger partial charge in [0.25, 0.3) is 5.91 Å². The van der Waals surface area contributed by atoms with Gasteiger partial charge in [0, 0.05) is 19.5 Å². The van der Waals surface area contributed by atoms with Gasteiger partial charge in [0.15, 0.2) is 5.69 Å². The number of piperidine rings is 1. The average Bonchev–Trinajstić information content (AvgIpc) is 3.10. The summed E-state index contributed by atoms with van der Waals surface area (Å²) < 4.78 is 1.49. The minimum atomic E-state index is -0.800. The molecule has 3 rings (SSSR count). The first-order chi connectivity index (χ1) is 12.0. The van der Waals surface area contributed by atoms with Gasteiger partial charge in [0.2, 0.25) is 0 Å². The van der Waals surface area contributed by atoms with Crippen LogP contribution >= 0.6 is 11.6 Å². The van der Waals surface area contributed by atoms with Gasteiger partial charge < -0.3 is 10.0 Å². The van der Waals surface area contributed by atoms with Crippen LogP contribution in [0.4, 0.5) is 0 Å². The number of benzene rings is 1. The van der Waals surface area contributed by atoms with E-state index in [9.17, 15) is 9.59 Å². The minimum Gasteiger partial charge on any atom is -0.481 e. The number of rotatable bonds is 5. The summed E-state index contributed by atoms with van der Waals surface area (Å²) in [7, 11) is 0. The number of carbonyl (C=O) groups is 2. The first-order valence-corrected chi connectivity index (χ1v) is 8.60. The number of halogens is 1. The van der Waals surface area contributed by atoms with Crippen molar-refractivity contribution in [2.24, 2.45) is 5.92 Å². The number of carbonyl (C=O) groups excluding carboxylic acids is 1. The number of likely N-dealkylation sites (tertiary alicyclic amines) is 1. The molecule has 0 saturated carbocycles. The fourth-order valence-corrected chi connectivity index (χ4v) is 3.31. The predicted octanol–water partition coefficient (Wildman–Crippen LogP) is 2.64. The van der Waals surface area contributed by atoms with Crippen molar-refractivity contribution in [3.05, 3.63) is 41.2 Å². The molecule has 0 bridgehead atoms. The molecule has 25 heavy (non-hydrogen) atoms. The Morgan fingerprint density at radius 3 is 2.88 bits per heavy atom. The molecular formula is C17H19ClN4O3. The second kappa shape index (κ2) is 7.65. The van der Waals surface area contributed by atoms with Crippen LogP contribution in [0.15, 0.2) is 30.5 Å². The van der Waals surface area contributed by atoms with Crippen molar-refractivity contribution in [3.63, 3.8) is 0 Å². The number of carboxylic acid groups (broad SMARTS) is 1. The van der Waals surface area contributed by atoms with Crippen molar-refractivity contribution >= 4 is 23.5 Å². The van der Waals surface area contributed by atoms with E-state index < -0.39 is 5.97 Å². The Kier molecular flexibility index (Phi) is 5.33. The van der Waals surface area contributed by atoms with Gasteiger partial charge in [-0.25, -0.2) is 4.68 Å². The summed E-state index contributed by atoms with van der Waals surface area (Å²) in [6.45, 7) is 1.21. The Labute approximate surface area is 150 Å². The van der Waals surface area contributed by atoms with E-state index in [1.807, 2.05) is 12.1 Å². The lowest BCUT2D eigenvalue weighted by atomic mass is 9.93. The van der Waals surface area contributed by atoms with Crippen LogP contribution in [-0.2, 0) is 4.79 Å². The average molecular weight is 363 g/mol. The molecule has 1 aromatic heterocycles.